The molecule has 1 aromatic carbocycles. The third-order valence-electron chi connectivity index (χ3n) is 5.35. The quantitative estimate of drug-likeness (QED) is 0.887. The van der Waals surface area contributed by atoms with Crippen LogP contribution in [0, 0.1) is 0 Å². The van der Waals surface area contributed by atoms with Crippen molar-refractivity contribution in [3.05, 3.63) is 34.9 Å². The monoisotopic (exact) mass is 271 g/mol. The van der Waals surface area contributed by atoms with Gasteiger partial charge >= 0.3 is 0 Å². The Morgan fingerprint density at radius 3 is 3.05 bits per heavy atom. The fourth-order valence-electron chi connectivity index (χ4n) is 4.15. The highest BCUT2D eigenvalue weighted by atomic mass is 15.3. The van der Waals surface area contributed by atoms with Gasteiger partial charge in [-0.05, 0) is 43.0 Å². The van der Waals surface area contributed by atoms with Crippen LogP contribution in [0.3, 0.4) is 0 Å². The first-order valence-electron chi connectivity index (χ1n) is 8.09. The fraction of sp³-hybridized carbons (Fsp3) is 0.647. The van der Waals surface area contributed by atoms with E-state index in [2.05, 4.69) is 40.2 Å². The Hall–Kier alpha value is -0.900. The molecule has 3 heterocycles. The van der Waals surface area contributed by atoms with Crippen molar-refractivity contribution in [2.75, 3.05) is 19.6 Å². The van der Waals surface area contributed by atoms with Gasteiger partial charge in [0.15, 0.2) is 0 Å². The molecule has 0 saturated carbocycles. The van der Waals surface area contributed by atoms with E-state index in [0.29, 0.717) is 6.04 Å². The van der Waals surface area contributed by atoms with E-state index in [1.165, 1.54) is 49.2 Å². The molecule has 2 atom stereocenters. The van der Waals surface area contributed by atoms with Crippen molar-refractivity contribution in [2.45, 2.75) is 51.5 Å². The first-order chi connectivity index (χ1) is 9.79. The molecular formula is C17H25N3. The Morgan fingerprint density at radius 2 is 2.10 bits per heavy atom. The van der Waals surface area contributed by atoms with E-state index in [9.17, 15) is 0 Å². The summed E-state index contributed by atoms with van der Waals surface area (Å²) in [6.45, 7) is 9.46. The molecule has 0 amide bonds. The summed E-state index contributed by atoms with van der Waals surface area (Å²) in [6.07, 6.45) is 2.80. The highest BCUT2D eigenvalue weighted by molar-refractivity contribution is 5.34. The maximum absolute atomic E-state index is 3.44. The lowest BCUT2D eigenvalue weighted by Crippen LogP contribution is -2.54. The molecule has 3 aliphatic heterocycles. The number of nitrogens with one attached hydrogen (secondary N) is 1. The van der Waals surface area contributed by atoms with Gasteiger partial charge in [-0.3, -0.25) is 9.80 Å². The summed E-state index contributed by atoms with van der Waals surface area (Å²) in [5.41, 5.74) is 4.49. The Kier molecular flexibility index (Phi) is 3.29. The van der Waals surface area contributed by atoms with E-state index in [0.717, 1.165) is 25.7 Å². The van der Waals surface area contributed by atoms with Gasteiger partial charge in [-0.2, -0.15) is 0 Å². The predicted octanol–water partition coefficient (Wildman–Crippen LogP) is 1.96. The van der Waals surface area contributed by atoms with Crippen molar-refractivity contribution >= 4 is 0 Å². The summed E-state index contributed by atoms with van der Waals surface area (Å²) in [5, 5.41) is 3.44. The van der Waals surface area contributed by atoms with E-state index < -0.39 is 0 Å². The molecule has 3 nitrogen and oxygen atoms in total. The topological polar surface area (TPSA) is 18.5 Å². The lowest BCUT2D eigenvalue weighted by molar-refractivity contribution is 0.0540. The molecule has 2 saturated heterocycles. The van der Waals surface area contributed by atoms with Crippen molar-refractivity contribution in [3.8, 4) is 0 Å². The molecule has 0 spiro atoms. The normalized spacial score (nSPS) is 30.4. The summed E-state index contributed by atoms with van der Waals surface area (Å²) in [4.78, 5) is 5.39. The second-order valence-electron chi connectivity index (χ2n) is 6.78. The van der Waals surface area contributed by atoms with Crippen LogP contribution in [-0.4, -0.2) is 41.5 Å². The van der Waals surface area contributed by atoms with E-state index in [4.69, 9.17) is 0 Å². The Labute approximate surface area is 121 Å². The van der Waals surface area contributed by atoms with Crippen LogP contribution < -0.4 is 5.32 Å². The average molecular weight is 271 g/mol. The Morgan fingerprint density at radius 1 is 1.20 bits per heavy atom. The molecule has 3 heteroatoms. The van der Waals surface area contributed by atoms with Gasteiger partial charge in [0, 0.05) is 44.8 Å². The van der Waals surface area contributed by atoms with E-state index in [1.54, 1.807) is 0 Å². The van der Waals surface area contributed by atoms with Crippen molar-refractivity contribution in [3.63, 3.8) is 0 Å². The number of nitrogens with zero attached hydrogens (tertiary/aromatic N) is 2. The number of hydrogen-bond donors (Lipinski definition) is 1. The van der Waals surface area contributed by atoms with Crippen molar-refractivity contribution in [1.29, 1.82) is 0 Å². The molecule has 2 unspecified atom stereocenters. The maximum Gasteiger partial charge on any atom is 0.0237 e. The zero-order valence-electron chi connectivity index (χ0n) is 12.4. The van der Waals surface area contributed by atoms with Crippen LogP contribution in [0.15, 0.2) is 18.2 Å². The van der Waals surface area contributed by atoms with Crippen molar-refractivity contribution in [1.82, 2.24) is 15.1 Å². The first-order valence-corrected chi connectivity index (χ1v) is 8.09. The summed E-state index contributed by atoms with van der Waals surface area (Å²) < 4.78 is 0. The minimum absolute atomic E-state index is 0.690. The van der Waals surface area contributed by atoms with Crippen LogP contribution in [0.25, 0.3) is 0 Å². The zero-order valence-corrected chi connectivity index (χ0v) is 12.4. The van der Waals surface area contributed by atoms with Gasteiger partial charge in [0.05, 0.1) is 0 Å². The molecule has 4 rings (SSSR count). The van der Waals surface area contributed by atoms with E-state index in [1.807, 2.05) is 0 Å². The molecule has 0 radical (unpaired) electrons. The molecule has 3 aliphatic rings. The fourth-order valence-corrected chi connectivity index (χ4v) is 4.15. The summed E-state index contributed by atoms with van der Waals surface area (Å²) in [7, 11) is 0. The molecule has 0 aromatic heterocycles. The van der Waals surface area contributed by atoms with Crippen LogP contribution in [0.4, 0.5) is 0 Å². The van der Waals surface area contributed by atoms with E-state index in [-0.39, 0.29) is 0 Å². The smallest absolute Gasteiger partial charge is 0.0237 e. The maximum atomic E-state index is 3.44. The number of fused-ring (bicyclic) bond motifs is 2. The minimum atomic E-state index is 0.690. The summed E-state index contributed by atoms with van der Waals surface area (Å²) in [6, 6.07) is 8.59. The van der Waals surface area contributed by atoms with Crippen molar-refractivity contribution < 1.29 is 0 Å². The average Bonchev–Trinajstić information content (AvgIpc) is 3.06. The van der Waals surface area contributed by atoms with Crippen molar-refractivity contribution in [2.24, 2.45) is 0 Å². The molecule has 20 heavy (non-hydrogen) atoms. The Bertz CT molecular complexity index is 499. The SMILES string of the molecule is CC1CN2CCCC2CN1Cc1ccc2c(c1)CNC2. The van der Waals surface area contributed by atoms with Crippen LogP contribution in [0.1, 0.15) is 36.5 Å². The van der Waals surface area contributed by atoms with Crippen LogP contribution in [-0.2, 0) is 19.6 Å². The van der Waals surface area contributed by atoms with Crippen LogP contribution in [0.2, 0.25) is 0 Å². The van der Waals surface area contributed by atoms with Gasteiger partial charge in [-0.15, -0.1) is 0 Å². The van der Waals surface area contributed by atoms with Gasteiger partial charge in [0.2, 0.25) is 0 Å². The number of benzene rings is 1. The molecule has 2 fully saturated rings. The number of piperazine rings is 1. The van der Waals surface area contributed by atoms with Gasteiger partial charge in [0.1, 0.15) is 0 Å². The molecule has 0 aliphatic carbocycles. The van der Waals surface area contributed by atoms with Gasteiger partial charge < -0.3 is 5.32 Å². The zero-order chi connectivity index (χ0) is 13.5. The molecule has 1 N–H and O–H groups in total. The third-order valence-corrected chi connectivity index (χ3v) is 5.35. The standard InChI is InChI=1S/C17H25N3/c1-13-10-19-6-2-3-17(19)12-20(13)11-14-4-5-15-8-18-9-16(15)7-14/h4-5,7,13,17-18H,2-3,6,8-12H2,1H3. The highest BCUT2D eigenvalue weighted by Gasteiger charge is 2.34. The molecule has 108 valence electrons. The van der Waals surface area contributed by atoms with Crippen LogP contribution in [0.5, 0.6) is 0 Å². The second-order valence-corrected chi connectivity index (χ2v) is 6.78. The van der Waals surface area contributed by atoms with Crippen LogP contribution >= 0.6 is 0 Å². The molecular weight excluding hydrogens is 246 g/mol. The number of hydrogen-bond acceptors (Lipinski definition) is 3. The molecule has 1 aromatic rings. The number of rotatable bonds is 2. The third kappa shape index (κ3) is 2.28. The largest absolute Gasteiger partial charge is 0.309 e. The minimum Gasteiger partial charge on any atom is -0.309 e. The predicted molar refractivity (Wildman–Crippen MR) is 81.5 cm³/mol. The summed E-state index contributed by atoms with van der Waals surface area (Å²) in [5.74, 6) is 0. The van der Waals surface area contributed by atoms with E-state index >= 15 is 0 Å². The Balaban J connectivity index is 1.48. The second kappa shape index (κ2) is 5.14. The molecule has 0 bridgehead atoms. The summed E-state index contributed by atoms with van der Waals surface area (Å²) >= 11 is 0. The van der Waals surface area contributed by atoms with Gasteiger partial charge in [0.25, 0.3) is 0 Å². The highest BCUT2D eigenvalue weighted by Crippen LogP contribution is 2.26. The van der Waals surface area contributed by atoms with Gasteiger partial charge in [-0.25, -0.2) is 0 Å². The first kappa shape index (κ1) is 12.8. The lowest BCUT2D eigenvalue weighted by Gasteiger charge is -2.42. The van der Waals surface area contributed by atoms with Gasteiger partial charge in [-0.1, -0.05) is 18.2 Å². The lowest BCUT2D eigenvalue weighted by atomic mass is 10.0.